The van der Waals surface area contributed by atoms with Gasteiger partial charge in [-0.3, -0.25) is 40.5 Å². The van der Waals surface area contributed by atoms with Crippen molar-refractivity contribution in [1.82, 2.24) is 0 Å². The summed E-state index contributed by atoms with van der Waals surface area (Å²) in [4.78, 5) is 67.5. The maximum Gasteiger partial charge on any atom is 0.346 e. The van der Waals surface area contributed by atoms with E-state index in [-0.39, 0.29) is 37.6 Å². The van der Waals surface area contributed by atoms with Gasteiger partial charge in [-0.15, -0.1) is 0 Å². The molecule has 2 aromatic carbocycles. The first-order chi connectivity index (χ1) is 20.9. The quantitative estimate of drug-likeness (QED) is 0.118. The van der Waals surface area contributed by atoms with Gasteiger partial charge in [-0.05, 0) is 11.6 Å². The molecule has 2 aromatic rings. The molecule has 0 N–H and O–H groups in total. The van der Waals surface area contributed by atoms with Crippen LogP contribution in [-0.2, 0) is 19.1 Å². The van der Waals surface area contributed by atoms with Crippen LogP contribution in [0, 0.1) is 40.5 Å². The van der Waals surface area contributed by atoms with E-state index in [0.717, 1.165) is 35.7 Å². The molecule has 0 atom stereocenters. The van der Waals surface area contributed by atoms with E-state index in [9.17, 15) is 50.0 Å². The number of fused-ring (bicyclic) bond motifs is 3. The summed E-state index contributed by atoms with van der Waals surface area (Å²) in [5.41, 5.74) is -3.53. The van der Waals surface area contributed by atoms with Crippen LogP contribution in [0.4, 0.5) is 22.7 Å². The van der Waals surface area contributed by atoms with Crippen molar-refractivity contribution < 1.29 is 38.8 Å². The number of thioether (sulfide) groups is 2. The predicted octanol–water partition coefficient (Wildman–Crippen LogP) is 5.72. The fourth-order valence-corrected chi connectivity index (χ4v) is 6.55. The Labute approximate surface area is 254 Å². The smallest absolute Gasteiger partial charge is 0.346 e. The Morgan fingerprint density at radius 1 is 0.636 bits per heavy atom. The number of esters is 2. The second kappa shape index (κ2) is 12.7. The Kier molecular flexibility index (Phi) is 9.05. The van der Waals surface area contributed by atoms with Crippen molar-refractivity contribution in [3.05, 3.63) is 126 Å². The number of hydrogen-bond acceptors (Lipinski definition) is 14. The molecule has 0 saturated heterocycles. The van der Waals surface area contributed by atoms with Crippen LogP contribution in [0.5, 0.6) is 0 Å². The van der Waals surface area contributed by atoms with Gasteiger partial charge < -0.3 is 9.47 Å². The number of ether oxygens (including phenoxy) is 2. The third-order valence-corrected chi connectivity index (χ3v) is 8.49. The van der Waals surface area contributed by atoms with E-state index in [4.69, 9.17) is 9.47 Å². The number of non-ortho nitro benzene ring substituents is 2. The molecule has 2 aliphatic rings. The first kappa shape index (κ1) is 31.3. The lowest BCUT2D eigenvalue weighted by molar-refractivity contribution is -0.395. The van der Waals surface area contributed by atoms with E-state index in [1.807, 2.05) is 0 Å². The molecule has 0 unspecified atom stereocenters. The summed E-state index contributed by atoms with van der Waals surface area (Å²) in [6.45, 7) is 0. The maximum atomic E-state index is 12.0. The van der Waals surface area contributed by atoms with Gasteiger partial charge in [0.25, 0.3) is 22.7 Å². The van der Waals surface area contributed by atoms with Crippen molar-refractivity contribution in [2.75, 3.05) is 14.2 Å². The monoisotopic (exact) mass is 640 g/mol. The van der Waals surface area contributed by atoms with Crippen LogP contribution in [0.2, 0.25) is 0 Å². The van der Waals surface area contributed by atoms with E-state index < -0.39 is 54.4 Å². The third kappa shape index (κ3) is 5.96. The summed E-state index contributed by atoms with van der Waals surface area (Å²) in [6, 6.07) is 3.37. The largest absolute Gasteiger partial charge is 0.465 e. The highest BCUT2D eigenvalue weighted by atomic mass is 32.2. The lowest BCUT2D eigenvalue weighted by atomic mass is 10.0. The van der Waals surface area contributed by atoms with Crippen LogP contribution in [0.15, 0.2) is 74.8 Å². The summed E-state index contributed by atoms with van der Waals surface area (Å²) >= 11 is 2.00. The number of methoxy groups -OCH3 is 2. The Balaban J connectivity index is 1.76. The number of allylic oxidation sites excluding steroid dienone is 6. The van der Waals surface area contributed by atoms with Crippen LogP contribution in [0.3, 0.4) is 0 Å². The SMILES string of the molecule is COC(=O)C1=C(C(=O)OC)SC(=C/C=C/C=C/C=C2c3cc([N+](=O)[O-])cc([N+](=O)[O-])c3-c3c2cc([N+](=O)[O-])cc3[N+](=O)[O-])S1. The zero-order valence-corrected chi connectivity index (χ0v) is 23.9. The first-order valence-electron chi connectivity index (χ1n) is 11.9. The Hall–Kier alpha value is -5.62. The van der Waals surface area contributed by atoms with Gasteiger partial charge in [-0.25, -0.2) is 9.59 Å². The Morgan fingerprint density at radius 2 is 1.05 bits per heavy atom. The van der Waals surface area contributed by atoms with Gasteiger partial charge in [-0.1, -0.05) is 53.9 Å². The third-order valence-electron chi connectivity index (χ3n) is 6.03. The van der Waals surface area contributed by atoms with Crippen molar-refractivity contribution in [3.63, 3.8) is 0 Å². The standard InChI is InChI=1S/C26H16N4O12S2/c1-41-25(31)23-24(26(32)42-2)44-20(43-23)8-6-4-3-5-7-15-16-9-13(27(33)34)11-18(29(37)38)21(16)22-17(15)10-14(28(35)36)12-19(22)30(39)40/h3-12H,1-2H3/b5-3+,6-4+. The predicted molar refractivity (Wildman–Crippen MR) is 158 cm³/mol. The minimum atomic E-state index is -0.916. The molecule has 44 heavy (non-hydrogen) atoms. The van der Waals surface area contributed by atoms with E-state index in [1.54, 1.807) is 12.2 Å². The fraction of sp³-hybridized carbons (Fsp3) is 0.0769. The van der Waals surface area contributed by atoms with Crippen molar-refractivity contribution >= 4 is 63.8 Å². The number of rotatable bonds is 9. The van der Waals surface area contributed by atoms with Gasteiger partial charge in [0.15, 0.2) is 0 Å². The van der Waals surface area contributed by atoms with Gasteiger partial charge in [0.1, 0.15) is 9.81 Å². The number of carbonyl (C=O) groups excluding carboxylic acids is 2. The Morgan fingerprint density at radius 3 is 1.41 bits per heavy atom. The molecule has 0 spiro atoms. The summed E-state index contributed by atoms with van der Waals surface area (Å²) in [6.07, 6.45) is 8.94. The molecule has 0 aromatic heterocycles. The molecule has 224 valence electrons. The molecule has 4 rings (SSSR count). The highest BCUT2D eigenvalue weighted by Gasteiger charge is 2.40. The van der Waals surface area contributed by atoms with Crippen molar-refractivity contribution in [2.45, 2.75) is 0 Å². The van der Waals surface area contributed by atoms with Gasteiger partial charge in [0.05, 0.1) is 61.4 Å². The van der Waals surface area contributed by atoms with Crippen molar-refractivity contribution in [3.8, 4) is 11.1 Å². The number of benzene rings is 2. The number of carbonyl (C=O) groups is 2. The van der Waals surface area contributed by atoms with Crippen LogP contribution in [0.25, 0.3) is 16.7 Å². The van der Waals surface area contributed by atoms with E-state index in [2.05, 4.69) is 0 Å². The molecule has 1 aliphatic carbocycles. The summed E-state index contributed by atoms with van der Waals surface area (Å²) in [5, 5.41) is 46.9. The minimum absolute atomic E-state index is 0.0492. The molecule has 18 heteroatoms. The molecular weight excluding hydrogens is 624 g/mol. The molecule has 1 heterocycles. The van der Waals surface area contributed by atoms with Gasteiger partial charge in [0, 0.05) is 23.3 Å². The number of hydrogen-bond donors (Lipinski definition) is 0. The average Bonchev–Trinajstić information content (AvgIpc) is 3.56. The molecule has 1 aliphatic heterocycles. The van der Waals surface area contributed by atoms with Crippen LogP contribution in [0.1, 0.15) is 11.1 Å². The molecule has 0 bridgehead atoms. The summed E-state index contributed by atoms with van der Waals surface area (Å²) < 4.78 is 9.94. The van der Waals surface area contributed by atoms with Gasteiger partial charge >= 0.3 is 11.9 Å². The summed E-state index contributed by atoms with van der Waals surface area (Å²) in [7, 11) is 2.34. The van der Waals surface area contributed by atoms with Crippen LogP contribution in [-0.4, -0.2) is 45.9 Å². The number of nitro benzene ring substituents is 4. The van der Waals surface area contributed by atoms with Gasteiger partial charge in [0.2, 0.25) is 0 Å². The molecule has 0 radical (unpaired) electrons. The topological polar surface area (TPSA) is 225 Å². The second-order valence-electron chi connectivity index (χ2n) is 8.48. The average molecular weight is 641 g/mol. The number of nitro groups is 4. The molecular formula is C26H16N4O12S2. The number of nitrogens with zero attached hydrogens (tertiary/aromatic N) is 4. The lowest BCUT2D eigenvalue weighted by Crippen LogP contribution is -2.08. The highest BCUT2D eigenvalue weighted by molar-refractivity contribution is 8.29. The van der Waals surface area contributed by atoms with Crippen molar-refractivity contribution in [2.24, 2.45) is 0 Å². The van der Waals surface area contributed by atoms with E-state index in [1.165, 1.54) is 38.5 Å². The second-order valence-corrected chi connectivity index (χ2v) is 10.8. The zero-order valence-electron chi connectivity index (χ0n) is 22.3. The van der Waals surface area contributed by atoms with Crippen LogP contribution >= 0.6 is 23.5 Å². The lowest BCUT2D eigenvalue weighted by Gasteiger charge is -2.04. The normalized spacial score (nSPS) is 13.6. The molecule has 0 saturated carbocycles. The zero-order chi connectivity index (χ0) is 32.3. The minimum Gasteiger partial charge on any atom is -0.465 e. The summed E-state index contributed by atoms with van der Waals surface area (Å²) in [5.74, 6) is -1.42. The molecule has 16 nitrogen and oxygen atoms in total. The van der Waals surface area contributed by atoms with Crippen molar-refractivity contribution in [1.29, 1.82) is 0 Å². The van der Waals surface area contributed by atoms with Gasteiger partial charge in [-0.2, -0.15) is 0 Å². The Bertz CT molecular complexity index is 1730. The first-order valence-corrected chi connectivity index (χ1v) is 13.5. The van der Waals surface area contributed by atoms with E-state index in [0.29, 0.717) is 16.4 Å². The van der Waals surface area contributed by atoms with Crippen LogP contribution < -0.4 is 0 Å². The van der Waals surface area contributed by atoms with E-state index >= 15 is 0 Å². The molecule has 0 fully saturated rings. The maximum absolute atomic E-state index is 12.0. The molecule has 0 amide bonds. The highest BCUT2D eigenvalue weighted by Crippen LogP contribution is 2.54. The fourth-order valence-electron chi connectivity index (χ4n) is 4.25.